The van der Waals surface area contributed by atoms with Gasteiger partial charge in [0.05, 0.1) is 17.9 Å². The van der Waals surface area contributed by atoms with E-state index in [0.29, 0.717) is 26.0 Å². The zero-order chi connectivity index (χ0) is 33.9. The highest BCUT2D eigenvalue weighted by atomic mass is 32.2. The Morgan fingerprint density at radius 2 is 1.67 bits per heavy atom. The predicted octanol–water partition coefficient (Wildman–Crippen LogP) is 7.28. The van der Waals surface area contributed by atoms with Gasteiger partial charge in [0.1, 0.15) is 6.54 Å². The standard InChI is InChI=1S/C37H44N2O6S/c1-7-15-32(16-12-13-25-39(29(4)40)33-17-10-9-11-18-33)37(5,6)35-26-31(30-20-22-34(23-21-30)46(42,43)44)27-38(28(35)3)24-14-19-36(41)45-8-2/h9-13,15-18,20-23,25-27H,7-8,14,19,24H2,1-6H3/p+1/b16-12+,25-13+,32-15-. The molecule has 0 saturated heterocycles. The Balaban J connectivity index is 2.04. The molecule has 0 radical (unpaired) electrons. The van der Waals surface area contributed by atoms with Crippen molar-refractivity contribution in [2.75, 3.05) is 11.5 Å². The van der Waals surface area contributed by atoms with E-state index < -0.39 is 15.5 Å². The molecule has 244 valence electrons. The number of carbonyl (C=O) groups excluding carboxylic acids is 2. The fourth-order valence-corrected chi connectivity index (χ4v) is 5.83. The van der Waals surface area contributed by atoms with Gasteiger partial charge >= 0.3 is 5.97 Å². The number of para-hydroxylation sites is 1. The molecule has 0 aliphatic rings. The quantitative estimate of drug-likeness (QED) is 0.0856. The lowest BCUT2D eigenvalue weighted by Crippen LogP contribution is -2.40. The van der Waals surface area contributed by atoms with Crippen molar-refractivity contribution in [2.45, 2.75) is 77.7 Å². The van der Waals surface area contributed by atoms with Gasteiger partial charge in [-0.1, -0.05) is 69.3 Å². The summed E-state index contributed by atoms with van der Waals surface area (Å²) in [6.07, 6.45) is 13.5. The first-order valence-electron chi connectivity index (χ1n) is 15.5. The first kappa shape index (κ1) is 36.1. The van der Waals surface area contributed by atoms with Crippen molar-refractivity contribution in [3.8, 4) is 11.1 Å². The molecule has 0 aliphatic heterocycles. The third-order valence-corrected chi connectivity index (χ3v) is 8.67. The summed E-state index contributed by atoms with van der Waals surface area (Å²) in [5, 5.41) is 0. The summed E-state index contributed by atoms with van der Waals surface area (Å²) in [5.41, 5.74) is 5.15. The van der Waals surface area contributed by atoms with Crippen LogP contribution in [0.4, 0.5) is 5.69 Å². The van der Waals surface area contributed by atoms with Gasteiger partial charge < -0.3 is 4.74 Å². The zero-order valence-electron chi connectivity index (χ0n) is 27.6. The van der Waals surface area contributed by atoms with Crippen LogP contribution in [0, 0.1) is 6.92 Å². The molecule has 1 heterocycles. The Kier molecular flexibility index (Phi) is 12.8. The first-order chi connectivity index (χ1) is 21.8. The second kappa shape index (κ2) is 16.3. The highest BCUT2D eigenvalue weighted by molar-refractivity contribution is 7.85. The van der Waals surface area contributed by atoms with Crippen LogP contribution < -0.4 is 9.47 Å². The Morgan fingerprint density at radius 3 is 2.26 bits per heavy atom. The number of allylic oxidation sites excluding steroid dienone is 5. The Labute approximate surface area is 273 Å². The summed E-state index contributed by atoms with van der Waals surface area (Å²) in [6.45, 7) is 12.7. The lowest BCUT2D eigenvalue weighted by molar-refractivity contribution is -0.703. The van der Waals surface area contributed by atoms with Crippen molar-refractivity contribution in [2.24, 2.45) is 0 Å². The number of aryl methyl sites for hydroxylation is 1. The number of rotatable bonds is 14. The van der Waals surface area contributed by atoms with Crippen LogP contribution in [0.3, 0.4) is 0 Å². The number of esters is 1. The summed E-state index contributed by atoms with van der Waals surface area (Å²) in [7, 11) is -4.32. The number of hydrogen-bond donors (Lipinski definition) is 1. The van der Waals surface area contributed by atoms with Crippen molar-refractivity contribution in [3.63, 3.8) is 0 Å². The third kappa shape index (κ3) is 9.58. The van der Waals surface area contributed by atoms with Crippen LogP contribution in [0.15, 0.2) is 108 Å². The highest BCUT2D eigenvalue weighted by Gasteiger charge is 2.31. The Hall–Kier alpha value is -4.34. The minimum Gasteiger partial charge on any atom is -0.466 e. The van der Waals surface area contributed by atoms with E-state index >= 15 is 0 Å². The summed E-state index contributed by atoms with van der Waals surface area (Å²) >= 11 is 0. The predicted molar refractivity (Wildman–Crippen MR) is 182 cm³/mol. The lowest BCUT2D eigenvalue weighted by atomic mass is 9.75. The molecule has 2 aromatic carbocycles. The highest BCUT2D eigenvalue weighted by Crippen LogP contribution is 2.36. The van der Waals surface area contributed by atoms with E-state index in [1.807, 2.05) is 48.7 Å². The molecule has 1 N–H and O–H groups in total. The fourth-order valence-electron chi connectivity index (χ4n) is 5.35. The first-order valence-corrected chi connectivity index (χ1v) is 16.9. The topological polar surface area (TPSA) is 105 Å². The molecule has 8 nitrogen and oxygen atoms in total. The summed E-state index contributed by atoms with van der Waals surface area (Å²) < 4.78 is 40.0. The van der Waals surface area contributed by atoms with Crippen molar-refractivity contribution < 1.29 is 31.9 Å². The maximum absolute atomic E-state index is 12.3. The summed E-state index contributed by atoms with van der Waals surface area (Å²) in [6, 6.07) is 17.7. The van der Waals surface area contributed by atoms with Crippen LogP contribution in [0.5, 0.6) is 0 Å². The van der Waals surface area contributed by atoms with Gasteiger partial charge in [0, 0.05) is 48.7 Å². The molecule has 0 fully saturated rings. The normalized spacial score (nSPS) is 12.5. The van der Waals surface area contributed by atoms with E-state index in [2.05, 4.69) is 50.5 Å². The van der Waals surface area contributed by atoms with Gasteiger partial charge in [-0.2, -0.15) is 8.42 Å². The molecule has 9 heteroatoms. The van der Waals surface area contributed by atoms with Gasteiger partial charge in [0.25, 0.3) is 10.1 Å². The maximum Gasteiger partial charge on any atom is 0.306 e. The molecule has 0 unspecified atom stereocenters. The van der Waals surface area contributed by atoms with Gasteiger partial charge in [0.15, 0.2) is 11.9 Å². The molecule has 0 aliphatic carbocycles. The van der Waals surface area contributed by atoms with Gasteiger partial charge in [0.2, 0.25) is 5.91 Å². The maximum atomic E-state index is 12.3. The average molecular weight is 646 g/mol. The molecular formula is C37H45N2O6S+. The van der Waals surface area contributed by atoms with Gasteiger partial charge in [-0.15, -0.1) is 0 Å². The Bertz CT molecular complexity index is 1710. The van der Waals surface area contributed by atoms with Crippen molar-refractivity contribution >= 4 is 27.7 Å². The van der Waals surface area contributed by atoms with Crippen molar-refractivity contribution in [3.05, 3.63) is 114 Å². The van der Waals surface area contributed by atoms with E-state index in [-0.39, 0.29) is 16.8 Å². The number of carbonyl (C=O) groups is 2. The largest absolute Gasteiger partial charge is 0.466 e. The van der Waals surface area contributed by atoms with E-state index in [1.54, 1.807) is 30.2 Å². The van der Waals surface area contributed by atoms with Gasteiger partial charge in [-0.3, -0.25) is 19.0 Å². The summed E-state index contributed by atoms with van der Waals surface area (Å²) in [5.74, 6) is -0.328. The van der Waals surface area contributed by atoms with Crippen LogP contribution in [-0.4, -0.2) is 31.5 Å². The lowest BCUT2D eigenvalue weighted by Gasteiger charge is -2.28. The van der Waals surface area contributed by atoms with Crippen LogP contribution in [0.2, 0.25) is 0 Å². The second-order valence-corrected chi connectivity index (χ2v) is 12.9. The molecule has 46 heavy (non-hydrogen) atoms. The SMILES string of the molecule is CC/C=C(/C=C/C=C/N(C(C)=O)c1ccccc1)C(C)(C)c1cc(-c2ccc(S(=O)(=O)O)cc2)c[n+](CCCC(=O)OCC)c1C. The molecule has 0 spiro atoms. The third-order valence-electron chi connectivity index (χ3n) is 7.80. The van der Waals surface area contributed by atoms with Gasteiger partial charge in [-0.05, 0) is 60.9 Å². The number of nitrogens with zero attached hydrogens (tertiary/aromatic N) is 2. The Morgan fingerprint density at radius 1 is 1.00 bits per heavy atom. The van der Waals surface area contributed by atoms with E-state index in [9.17, 15) is 22.6 Å². The number of amides is 1. The monoisotopic (exact) mass is 645 g/mol. The average Bonchev–Trinajstić information content (AvgIpc) is 3.01. The fraction of sp³-hybridized carbons (Fsp3) is 0.324. The van der Waals surface area contributed by atoms with E-state index in [0.717, 1.165) is 40.1 Å². The molecule has 3 rings (SSSR count). The molecule has 3 aromatic rings. The minimum atomic E-state index is -4.32. The number of aromatic nitrogens is 1. The van der Waals surface area contributed by atoms with Crippen LogP contribution in [-0.2, 0) is 36.4 Å². The number of anilines is 1. The number of pyridine rings is 1. The van der Waals surface area contributed by atoms with Crippen LogP contribution in [0.25, 0.3) is 11.1 Å². The number of ether oxygens (including phenoxy) is 1. The van der Waals surface area contributed by atoms with E-state index in [1.165, 1.54) is 19.1 Å². The van der Waals surface area contributed by atoms with Crippen LogP contribution in [0.1, 0.15) is 65.1 Å². The zero-order valence-corrected chi connectivity index (χ0v) is 28.4. The minimum absolute atomic E-state index is 0.0925. The van der Waals surface area contributed by atoms with Crippen LogP contribution >= 0.6 is 0 Å². The number of benzene rings is 2. The molecule has 0 saturated carbocycles. The number of hydrogen-bond acceptors (Lipinski definition) is 5. The molecule has 1 amide bonds. The smallest absolute Gasteiger partial charge is 0.306 e. The van der Waals surface area contributed by atoms with E-state index in [4.69, 9.17) is 4.74 Å². The molecular weight excluding hydrogens is 600 g/mol. The molecule has 0 atom stereocenters. The van der Waals surface area contributed by atoms with Crippen molar-refractivity contribution in [1.82, 2.24) is 0 Å². The molecule has 1 aromatic heterocycles. The second-order valence-electron chi connectivity index (χ2n) is 11.4. The summed E-state index contributed by atoms with van der Waals surface area (Å²) in [4.78, 5) is 25.8. The van der Waals surface area contributed by atoms with Gasteiger partial charge in [-0.25, -0.2) is 4.57 Å². The molecule has 0 bridgehead atoms. The van der Waals surface area contributed by atoms with Crippen molar-refractivity contribution in [1.29, 1.82) is 0 Å².